The molecule has 0 heterocycles. The first-order chi connectivity index (χ1) is 8.09. The Hall–Kier alpha value is -1.55. The molecule has 2 aromatic carbocycles. The first-order valence-corrected chi connectivity index (χ1v) is 5.95. The van der Waals surface area contributed by atoms with E-state index in [9.17, 15) is 4.79 Å². The van der Waals surface area contributed by atoms with Crippen LogP contribution in [0.3, 0.4) is 0 Å². The molecule has 1 N–H and O–H groups in total. The summed E-state index contributed by atoms with van der Waals surface area (Å²) >= 11 is 3.44. The number of hydrogen-bond acceptors (Lipinski definition) is 2. The number of carboxylic acid groups (broad SMARTS) is 1. The van der Waals surface area contributed by atoms with E-state index in [0.29, 0.717) is 5.75 Å². The lowest BCUT2D eigenvalue weighted by Crippen LogP contribution is -2.23. The first kappa shape index (κ1) is 11.9. The zero-order valence-electron chi connectivity index (χ0n) is 9.18. The van der Waals surface area contributed by atoms with Gasteiger partial charge in [-0.1, -0.05) is 30.3 Å². The summed E-state index contributed by atoms with van der Waals surface area (Å²) in [6.07, 6.45) is -0.868. The summed E-state index contributed by atoms with van der Waals surface area (Å²) in [6.45, 7) is 1.50. The number of carboxylic acids is 1. The van der Waals surface area contributed by atoms with E-state index < -0.39 is 12.1 Å². The molecule has 0 aromatic heterocycles. The summed E-state index contributed by atoms with van der Waals surface area (Å²) in [4.78, 5) is 10.7. The molecule has 0 aliphatic heterocycles. The predicted molar refractivity (Wildman–Crippen MR) is 69.4 cm³/mol. The van der Waals surface area contributed by atoms with Crippen molar-refractivity contribution in [3.05, 3.63) is 40.9 Å². The fourth-order valence-corrected chi connectivity index (χ4v) is 2.13. The second kappa shape index (κ2) is 4.75. The highest BCUT2D eigenvalue weighted by atomic mass is 79.9. The summed E-state index contributed by atoms with van der Waals surface area (Å²) in [7, 11) is 0. The molecular formula is C13H11BrO3. The second-order valence-corrected chi connectivity index (χ2v) is 4.49. The number of hydrogen-bond donors (Lipinski definition) is 1. The zero-order valence-corrected chi connectivity index (χ0v) is 10.8. The number of benzene rings is 2. The van der Waals surface area contributed by atoms with Crippen LogP contribution in [0.2, 0.25) is 0 Å². The van der Waals surface area contributed by atoms with Gasteiger partial charge in [-0.05, 0) is 39.7 Å². The van der Waals surface area contributed by atoms with Gasteiger partial charge in [0, 0.05) is 0 Å². The molecule has 0 aliphatic rings. The minimum absolute atomic E-state index is 0.540. The van der Waals surface area contributed by atoms with Gasteiger partial charge in [0.05, 0.1) is 4.47 Å². The maximum absolute atomic E-state index is 10.7. The van der Waals surface area contributed by atoms with Crippen molar-refractivity contribution < 1.29 is 14.6 Å². The minimum Gasteiger partial charge on any atom is -0.479 e. The molecule has 0 saturated heterocycles. The van der Waals surface area contributed by atoms with Gasteiger partial charge in [0.15, 0.2) is 6.10 Å². The molecule has 2 rings (SSSR count). The molecule has 1 atom stereocenters. The monoisotopic (exact) mass is 294 g/mol. The Kier molecular flexibility index (Phi) is 3.33. The van der Waals surface area contributed by atoms with Gasteiger partial charge in [-0.2, -0.15) is 0 Å². The molecule has 3 nitrogen and oxygen atoms in total. The minimum atomic E-state index is -0.981. The Balaban J connectivity index is 2.42. The van der Waals surface area contributed by atoms with Crippen LogP contribution in [0.15, 0.2) is 40.9 Å². The van der Waals surface area contributed by atoms with Crippen molar-refractivity contribution in [1.82, 2.24) is 0 Å². The molecule has 0 bridgehead atoms. The Morgan fingerprint density at radius 1 is 1.29 bits per heavy atom. The summed E-state index contributed by atoms with van der Waals surface area (Å²) in [6, 6.07) is 11.5. The molecule has 2 aromatic rings. The molecule has 17 heavy (non-hydrogen) atoms. The Morgan fingerprint density at radius 2 is 2.00 bits per heavy atom. The number of ether oxygens (including phenoxy) is 1. The van der Waals surface area contributed by atoms with E-state index >= 15 is 0 Å². The van der Waals surface area contributed by atoms with Gasteiger partial charge in [0.1, 0.15) is 5.75 Å². The highest BCUT2D eigenvalue weighted by molar-refractivity contribution is 9.10. The molecule has 0 saturated carbocycles. The summed E-state index contributed by atoms with van der Waals surface area (Å²) in [5.74, 6) is -0.441. The smallest absolute Gasteiger partial charge is 0.344 e. The Bertz CT molecular complexity index is 566. The van der Waals surface area contributed by atoms with Crippen molar-refractivity contribution in [2.75, 3.05) is 0 Å². The maximum atomic E-state index is 10.7. The van der Waals surface area contributed by atoms with Crippen LogP contribution < -0.4 is 4.74 Å². The van der Waals surface area contributed by atoms with Crippen LogP contribution in [0.4, 0.5) is 0 Å². The largest absolute Gasteiger partial charge is 0.479 e. The van der Waals surface area contributed by atoms with Crippen molar-refractivity contribution in [1.29, 1.82) is 0 Å². The van der Waals surface area contributed by atoms with E-state index in [0.717, 1.165) is 15.2 Å². The molecule has 4 heteroatoms. The van der Waals surface area contributed by atoms with Crippen LogP contribution in [0.5, 0.6) is 5.75 Å². The molecule has 88 valence electrons. The number of rotatable bonds is 3. The van der Waals surface area contributed by atoms with Crippen LogP contribution >= 0.6 is 15.9 Å². The van der Waals surface area contributed by atoms with Crippen molar-refractivity contribution in [2.24, 2.45) is 0 Å². The molecule has 0 spiro atoms. The Labute approximate surface area is 107 Å². The van der Waals surface area contributed by atoms with E-state index in [1.165, 1.54) is 6.92 Å². The molecular weight excluding hydrogens is 284 g/mol. The average molecular weight is 295 g/mol. The van der Waals surface area contributed by atoms with Gasteiger partial charge in [0.2, 0.25) is 0 Å². The Morgan fingerprint density at radius 3 is 2.71 bits per heavy atom. The number of fused-ring (bicyclic) bond motifs is 1. The molecule has 0 fully saturated rings. The SMILES string of the molecule is C[C@H](Oc1ccc2ccccc2c1Br)C(=O)O. The fraction of sp³-hybridized carbons (Fsp3) is 0.154. The van der Waals surface area contributed by atoms with Crippen LogP contribution in [0.25, 0.3) is 10.8 Å². The van der Waals surface area contributed by atoms with Gasteiger partial charge < -0.3 is 9.84 Å². The van der Waals surface area contributed by atoms with Crippen LogP contribution in [-0.4, -0.2) is 17.2 Å². The van der Waals surface area contributed by atoms with Gasteiger partial charge in [0.25, 0.3) is 0 Å². The highest BCUT2D eigenvalue weighted by Crippen LogP contribution is 2.33. The van der Waals surface area contributed by atoms with E-state index in [4.69, 9.17) is 9.84 Å². The fourth-order valence-electron chi connectivity index (χ4n) is 1.55. The third-order valence-corrected chi connectivity index (χ3v) is 3.30. The van der Waals surface area contributed by atoms with E-state index in [1.54, 1.807) is 6.07 Å². The highest BCUT2D eigenvalue weighted by Gasteiger charge is 2.15. The van der Waals surface area contributed by atoms with Crippen molar-refractivity contribution in [3.8, 4) is 5.75 Å². The van der Waals surface area contributed by atoms with Crippen LogP contribution in [0.1, 0.15) is 6.92 Å². The number of carbonyl (C=O) groups is 1. The maximum Gasteiger partial charge on any atom is 0.344 e. The van der Waals surface area contributed by atoms with E-state index in [-0.39, 0.29) is 0 Å². The van der Waals surface area contributed by atoms with Crippen LogP contribution in [0, 0.1) is 0 Å². The summed E-state index contributed by atoms with van der Waals surface area (Å²) in [5.41, 5.74) is 0. The van der Waals surface area contributed by atoms with E-state index in [2.05, 4.69) is 15.9 Å². The zero-order chi connectivity index (χ0) is 12.4. The summed E-state index contributed by atoms with van der Waals surface area (Å²) in [5, 5.41) is 10.9. The normalized spacial score (nSPS) is 12.4. The first-order valence-electron chi connectivity index (χ1n) is 5.16. The molecule has 0 radical (unpaired) electrons. The third kappa shape index (κ3) is 2.42. The molecule has 0 unspecified atom stereocenters. The van der Waals surface area contributed by atoms with E-state index in [1.807, 2.05) is 30.3 Å². The van der Waals surface area contributed by atoms with Gasteiger partial charge in [-0.15, -0.1) is 0 Å². The second-order valence-electron chi connectivity index (χ2n) is 3.70. The average Bonchev–Trinajstić information content (AvgIpc) is 2.33. The van der Waals surface area contributed by atoms with Gasteiger partial charge >= 0.3 is 5.97 Å². The van der Waals surface area contributed by atoms with Gasteiger partial charge in [-0.25, -0.2) is 4.79 Å². The standard InChI is InChI=1S/C13H11BrO3/c1-8(13(15)16)17-11-7-6-9-4-2-3-5-10(9)12(11)14/h2-8H,1H3,(H,15,16)/t8-/m0/s1. The third-order valence-electron chi connectivity index (χ3n) is 2.48. The van der Waals surface area contributed by atoms with Crippen molar-refractivity contribution in [2.45, 2.75) is 13.0 Å². The van der Waals surface area contributed by atoms with Crippen molar-refractivity contribution in [3.63, 3.8) is 0 Å². The summed E-state index contributed by atoms with van der Waals surface area (Å²) < 4.78 is 6.15. The lowest BCUT2D eigenvalue weighted by Gasteiger charge is -2.13. The topological polar surface area (TPSA) is 46.5 Å². The van der Waals surface area contributed by atoms with Crippen molar-refractivity contribution >= 4 is 32.7 Å². The lowest BCUT2D eigenvalue weighted by atomic mass is 10.1. The van der Waals surface area contributed by atoms with Crippen LogP contribution in [-0.2, 0) is 4.79 Å². The lowest BCUT2D eigenvalue weighted by molar-refractivity contribution is -0.144. The predicted octanol–water partition coefficient (Wildman–Crippen LogP) is 3.45. The van der Waals surface area contributed by atoms with Gasteiger partial charge in [-0.3, -0.25) is 0 Å². The number of halogens is 1. The molecule has 0 aliphatic carbocycles. The molecule has 0 amide bonds. The quantitative estimate of drug-likeness (QED) is 0.943. The number of aliphatic carboxylic acids is 1.